The Morgan fingerprint density at radius 3 is 2.56 bits per heavy atom. The minimum atomic E-state index is -0.261. The molecule has 25 heavy (non-hydrogen) atoms. The molecule has 0 fully saturated rings. The Hall–Kier alpha value is -2.60. The molecule has 0 aliphatic carbocycles. The van der Waals surface area contributed by atoms with Crippen molar-refractivity contribution in [1.29, 1.82) is 0 Å². The van der Waals surface area contributed by atoms with Crippen molar-refractivity contribution < 1.29 is 4.39 Å². The molecule has 2 heterocycles. The van der Waals surface area contributed by atoms with E-state index in [0.717, 1.165) is 33.1 Å². The highest BCUT2D eigenvalue weighted by molar-refractivity contribution is 7.99. The summed E-state index contributed by atoms with van der Waals surface area (Å²) in [5, 5.41) is 11.1. The van der Waals surface area contributed by atoms with Gasteiger partial charge in [-0.15, -0.1) is 10.2 Å². The molecule has 0 spiro atoms. The van der Waals surface area contributed by atoms with E-state index < -0.39 is 0 Å². The summed E-state index contributed by atoms with van der Waals surface area (Å²) < 4.78 is 15.4. The van der Waals surface area contributed by atoms with Gasteiger partial charge in [0.1, 0.15) is 5.82 Å². The van der Waals surface area contributed by atoms with E-state index >= 15 is 0 Å². The Bertz CT molecular complexity index is 1020. The van der Waals surface area contributed by atoms with E-state index in [2.05, 4.69) is 35.1 Å². The number of benzene rings is 2. The van der Waals surface area contributed by atoms with Gasteiger partial charge >= 0.3 is 0 Å². The van der Waals surface area contributed by atoms with Gasteiger partial charge in [0.15, 0.2) is 11.0 Å². The van der Waals surface area contributed by atoms with Crippen LogP contribution < -0.4 is 0 Å². The Kier molecular flexibility index (Phi) is 4.05. The molecule has 2 aromatic carbocycles. The van der Waals surface area contributed by atoms with Crippen molar-refractivity contribution in [2.45, 2.75) is 24.3 Å². The van der Waals surface area contributed by atoms with E-state index in [0.29, 0.717) is 5.25 Å². The molecule has 0 unspecified atom stereocenters. The number of aromatic nitrogens is 4. The van der Waals surface area contributed by atoms with Gasteiger partial charge in [-0.05, 0) is 30.3 Å². The highest BCUT2D eigenvalue weighted by Gasteiger charge is 2.19. The summed E-state index contributed by atoms with van der Waals surface area (Å²) in [4.78, 5) is 3.28. The van der Waals surface area contributed by atoms with E-state index in [-0.39, 0.29) is 5.82 Å². The van der Waals surface area contributed by atoms with Gasteiger partial charge in [0, 0.05) is 33.6 Å². The molecule has 4 rings (SSSR count). The van der Waals surface area contributed by atoms with Crippen molar-refractivity contribution in [2.24, 2.45) is 0 Å². The number of nitrogens with one attached hydrogen (secondary N) is 1. The molecule has 6 heteroatoms. The second-order valence-corrected chi connectivity index (χ2v) is 7.58. The third-order valence-corrected chi connectivity index (χ3v) is 4.84. The summed E-state index contributed by atoms with van der Waals surface area (Å²) in [5.74, 6) is 0.482. The average molecular weight is 352 g/mol. The number of H-pyrrole nitrogens is 1. The smallest absolute Gasteiger partial charge is 0.196 e. The van der Waals surface area contributed by atoms with Crippen LogP contribution in [0.3, 0.4) is 0 Å². The average Bonchev–Trinajstić information content (AvgIpc) is 3.19. The number of nitrogens with zero attached hydrogens (tertiary/aromatic N) is 3. The number of hydrogen-bond donors (Lipinski definition) is 1. The van der Waals surface area contributed by atoms with Gasteiger partial charge in [-0.1, -0.05) is 43.8 Å². The molecule has 0 aliphatic heterocycles. The maximum atomic E-state index is 13.4. The fourth-order valence-electron chi connectivity index (χ4n) is 2.81. The van der Waals surface area contributed by atoms with E-state index in [1.807, 2.05) is 29.0 Å². The van der Waals surface area contributed by atoms with Gasteiger partial charge in [-0.2, -0.15) is 0 Å². The Balaban J connectivity index is 1.93. The maximum absolute atomic E-state index is 13.4. The summed E-state index contributed by atoms with van der Waals surface area (Å²) in [6.07, 6.45) is 1.94. The molecule has 1 N–H and O–H groups in total. The zero-order chi connectivity index (χ0) is 17.4. The lowest BCUT2D eigenvalue weighted by Gasteiger charge is -2.11. The van der Waals surface area contributed by atoms with Crippen LogP contribution in [-0.4, -0.2) is 25.0 Å². The number of aromatic amines is 1. The van der Waals surface area contributed by atoms with Crippen LogP contribution in [0.1, 0.15) is 13.8 Å². The number of hydrogen-bond acceptors (Lipinski definition) is 3. The van der Waals surface area contributed by atoms with Gasteiger partial charge in [0.25, 0.3) is 0 Å². The molecule has 0 saturated heterocycles. The van der Waals surface area contributed by atoms with Gasteiger partial charge in [-0.3, -0.25) is 4.57 Å². The normalized spacial score (nSPS) is 11.5. The Morgan fingerprint density at radius 1 is 1.04 bits per heavy atom. The van der Waals surface area contributed by atoms with Crippen LogP contribution in [0.15, 0.2) is 59.9 Å². The third kappa shape index (κ3) is 2.93. The molecule has 126 valence electrons. The van der Waals surface area contributed by atoms with E-state index in [4.69, 9.17) is 0 Å². The highest BCUT2D eigenvalue weighted by Crippen LogP contribution is 2.33. The van der Waals surface area contributed by atoms with Crippen molar-refractivity contribution in [3.05, 3.63) is 60.5 Å². The second kappa shape index (κ2) is 6.37. The molecular weight excluding hydrogens is 335 g/mol. The number of fused-ring (bicyclic) bond motifs is 1. The Labute approximate surface area is 149 Å². The van der Waals surface area contributed by atoms with Crippen molar-refractivity contribution in [3.63, 3.8) is 0 Å². The monoisotopic (exact) mass is 352 g/mol. The van der Waals surface area contributed by atoms with Gasteiger partial charge in [0.2, 0.25) is 0 Å². The first kappa shape index (κ1) is 15.9. The number of rotatable bonds is 4. The molecule has 2 aromatic heterocycles. The van der Waals surface area contributed by atoms with Crippen LogP contribution in [0.5, 0.6) is 0 Å². The van der Waals surface area contributed by atoms with Gasteiger partial charge < -0.3 is 4.98 Å². The van der Waals surface area contributed by atoms with Gasteiger partial charge in [0.05, 0.1) is 0 Å². The summed E-state index contributed by atoms with van der Waals surface area (Å²) in [6.45, 7) is 4.22. The van der Waals surface area contributed by atoms with Crippen molar-refractivity contribution >= 4 is 22.7 Å². The largest absolute Gasteiger partial charge is 0.360 e. The van der Waals surface area contributed by atoms with Crippen LogP contribution >= 0.6 is 11.8 Å². The quantitative estimate of drug-likeness (QED) is 0.523. The summed E-state index contributed by atoms with van der Waals surface area (Å²) in [5.41, 5.74) is 2.86. The van der Waals surface area contributed by atoms with Crippen LogP contribution in [0.25, 0.3) is 28.0 Å². The first-order valence-electron chi connectivity index (χ1n) is 8.08. The molecule has 0 aliphatic rings. The van der Waals surface area contributed by atoms with Crippen LogP contribution in [0, 0.1) is 5.82 Å². The molecule has 4 nitrogen and oxygen atoms in total. The molecule has 0 atom stereocenters. The van der Waals surface area contributed by atoms with E-state index in [1.54, 1.807) is 23.9 Å². The second-order valence-electron chi connectivity index (χ2n) is 6.03. The predicted molar refractivity (Wildman–Crippen MR) is 99.6 cm³/mol. The van der Waals surface area contributed by atoms with E-state index in [1.165, 1.54) is 12.1 Å². The molecular formula is C19H17FN4S. The molecule has 0 radical (unpaired) electrons. The third-order valence-electron chi connectivity index (χ3n) is 3.89. The lowest BCUT2D eigenvalue weighted by Crippen LogP contribution is -2.01. The fraction of sp³-hybridized carbons (Fsp3) is 0.158. The summed E-state index contributed by atoms with van der Waals surface area (Å²) in [7, 11) is 0. The predicted octanol–water partition coefficient (Wildman–Crippen LogP) is 5.06. The fourth-order valence-corrected chi connectivity index (χ4v) is 3.62. The lowest BCUT2D eigenvalue weighted by molar-refractivity contribution is 0.627. The SMILES string of the molecule is CC(C)Sc1nnc(-c2c[nH]c3ccccc23)n1-c1ccc(F)cc1. The zero-order valence-corrected chi connectivity index (χ0v) is 14.7. The van der Waals surface area contributed by atoms with Gasteiger partial charge in [-0.25, -0.2) is 4.39 Å². The summed E-state index contributed by atoms with van der Waals surface area (Å²) in [6, 6.07) is 14.5. The maximum Gasteiger partial charge on any atom is 0.196 e. The molecule has 4 aromatic rings. The van der Waals surface area contributed by atoms with Crippen LogP contribution in [-0.2, 0) is 0 Å². The molecule has 0 bridgehead atoms. The topological polar surface area (TPSA) is 46.5 Å². The number of thioether (sulfide) groups is 1. The molecule has 0 amide bonds. The van der Waals surface area contributed by atoms with Crippen molar-refractivity contribution in [2.75, 3.05) is 0 Å². The zero-order valence-electron chi connectivity index (χ0n) is 13.9. The first-order chi connectivity index (χ1) is 12.1. The number of para-hydroxylation sites is 1. The van der Waals surface area contributed by atoms with Crippen molar-refractivity contribution in [1.82, 2.24) is 19.7 Å². The lowest BCUT2D eigenvalue weighted by atomic mass is 10.1. The minimum absolute atomic E-state index is 0.261. The first-order valence-corrected chi connectivity index (χ1v) is 8.96. The summed E-state index contributed by atoms with van der Waals surface area (Å²) >= 11 is 1.63. The standard InChI is InChI=1S/C19H17FN4S/c1-12(2)25-19-23-22-18(24(19)14-9-7-13(20)8-10-14)16-11-21-17-6-4-3-5-15(16)17/h3-12,21H,1-2H3. The highest BCUT2D eigenvalue weighted by atomic mass is 32.2. The van der Waals surface area contributed by atoms with Crippen LogP contribution in [0.2, 0.25) is 0 Å². The molecule has 0 saturated carbocycles. The van der Waals surface area contributed by atoms with E-state index in [9.17, 15) is 4.39 Å². The van der Waals surface area contributed by atoms with Crippen molar-refractivity contribution in [3.8, 4) is 17.1 Å². The van der Waals surface area contributed by atoms with Crippen LogP contribution in [0.4, 0.5) is 4.39 Å². The Morgan fingerprint density at radius 2 is 1.80 bits per heavy atom. The number of halogens is 1. The minimum Gasteiger partial charge on any atom is -0.360 e.